The molecule has 0 aliphatic carbocycles. The van der Waals surface area contributed by atoms with E-state index in [1.807, 2.05) is 24.3 Å². The molecule has 24 heavy (non-hydrogen) atoms. The Balaban J connectivity index is 2.04. The van der Waals surface area contributed by atoms with E-state index >= 15 is 0 Å². The van der Waals surface area contributed by atoms with Gasteiger partial charge in [-0.15, -0.1) is 0 Å². The molecule has 2 rings (SSSR count). The first-order chi connectivity index (χ1) is 11.3. The van der Waals surface area contributed by atoms with Crippen LogP contribution < -0.4 is 10.6 Å². The third kappa shape index (κ3) is 4.68. The van der Waals surface area contributed by atoms with Crippen molar-refractivity contribution in [1.82, 2.24) is 15.5 Å². The molecule has 1 atom stereocenters. The summed E-state index contributed by atoms with van der Waals surface area (Å²) in [5, 5.41) is 12.4. The summed E-state index contributed by atoms with van der Waals surface area (Å²) in [5.41, 5.74) is 2.02. The SMILES string of the molecule is CC(=O)NC(C)C(=O)Nc1cc(C(C)(C)Cc2ccccc2)[nH]n1. The predicted molar refractivity (Wildman–Crippen MR) is 93.7 cm³/mol. The second-order valence-corrected chi connectivity index (χ2v) is 6.62. The maximum Gasteiger partial charge on any atom is 0.247 e. The quantitative estimate of drug-likeness (QED) is 0.761. The van der Waals surface area contributed by atoms with Gasteiger partial charge in [0.05, 0.1) is 0 Å². The van der Waals surface area contributed by atoms with E-state index in [4.69, 9.17) is 0 Å². The number of hydrogen-bond acceptors (Lipinski definition) is 3. The van der Waals surface area contributed by atoms with E-state index in [1.165, 1.54) is 12.5 Å². The van der Waals surface area contributed by atoms with Crippen LogP contribution in [0.1, 0.15) is 39.0 Å². The molecule has 6 nitrogen and oxygen atoms in total. The predicted octanol–water partition coefficient (Wildman–Crippen LogP) is 2.39. The minimum absolute atomic E-state index is 0.152. The van der Waals surface area contributed by atoms with Gasteiger partial charge >= 0.3 is 0 Å². The number of hydrogen-bond donors (Lipinski definition) is 3. The van der Waals surface area contributed by atoms with E-state index in [2.05, 4.69) is 46.8 Å². The van der Waals surface area contributed by atoms with E-state index in [0.29, 0.717) is 5.82 Å². The van der Waals surface area contributed by atoms with E-state index in [9.17, 15) is 9.59 Å². The molecule has 0 radical (unpaired) electrons. The molecule has 0 aliphatic rings. The Kier molecular flexibility index (Phi) is 5.39. The number of rotatable bonds is 6. The standard InChI is InChI=1S/C18H24N4O2/c1-12(19-13(2)23)17(24)20-16-10-15(21-22-16)18(3,4)11-14-8-6-5-7-9-14/h5-10,12H,11H2,1-4H3,(H,19,23)(H2,20,21,22,24). The summed E-state index contributed by atoms with van der Waals surface area (Å²) in [5.74, 6) is -0.0955. The number of nitrogens with one attached hydrogen (secondary N) is 3. The highest BCUT2D eigenvalue weighted by molar-refractivity contribution is 5.95. The van der Waals surface area contributed by atoms with Gasteiger partial charge in [-0.1, -0.05) is 44.2 Å². The molecule has 6 heteroatoms. The second kappa shape index (κ2) is 7.29. The van der Waals surface area contributed by atoms with Gasteiger partial charge in [0.1, 0.15) is 6.04 Å². The Morgan fingerprint density at radius 2 is 1.92 bits per heavy atom. The highest BCUT2D eigenvalue weighted by Gasteiger charge is 2.24. The zero-order chi connectivity index (χ0) is 17.7. The summed E-state index contributed by atoms with van der Waals surface area (Å²) in [6.07, 6.45) is 0.853. The third-order valence-corrected chi connectivity index (χ3v) is 3.86. The first kappa shape index (κ1) is 17.7. The fourth-order valence-electron chi connectivity index (χ4n) is 2.54. The Bertz CT molecular complexity index is 707. The largest absolute Gasteiger partial charge is 0.345 e. The summed E-state index contributed by atoms with van der Waals surface area (Å²) in [6.45, 7) is 7.25. The summed E-state index contributed by atoms with van der Waals surface area (Å²) in [7, 11) is 0. The van der Waals surface area contributed by atoms with Gasteiger partial charge in [0.2, 0.25) is 11.8 Å². The maximum absolute atomic E-state index is 12.0. The topological polar surface area (TPSA) is 86.9 Å². The van der Waals surface area contributed by atoms with Crippen molar-refractivity contribution < 1.29 is 9.59 Å². The molecule has 0 saturated heterocycles. The Morgan fingerprint density at radius 3 is 2.54 bits per heavy atom. The Morgan fingerprint density at radius 1 is 1.25 bits per heavy atom. The van der Waals surface area contributed by atoms with Crippen LogP contribution in [-0.4, -0.2) is 28.1 Å². The van der Waals surface area contributed by atoms with E-state index in [1.54, 1.807) is 6.92 Å². The molecule has 3 N–H and O–H groups in total. The minimum atomic E-state index is -0.611. The lowest BCUT2D eigenvalue weighted by atomic mass is 9.83. The summed E-state index contributed by atoms with van der Waals surface area (Å²) in [6, 6.07) is 11.4. The summed E-state index contributed by atoms with van der Waals surface area (Å²) >= 11 is 0. The average Bonchev–Trinajstić information content (AvgIpc) is 2.96. The molecule has 128 valence electrons. The number of aromatic nitrogens is 2. The molecule has 0 fully saturated rings. The van der Waals surface area contributed by atoms with Crippen LogP contribution in [0.5, 0.6) is 0 Å². The Hall–Kier alpha value is -2.63. The van der Waals surface area contributed by atoms with Crippen molar-refractivity contribution in [3.63, 3.8) is 0 Å². The van der Waals surface area contributed by atoms with Gasteiger partial charge in [-0.3, -0.25) is 14.7 Å². The van der Waals surface area contributed by atoms with Crippen LogP contribution in [0.2, 0.25) is 0 Å². The number of anilines is 1. The smallest absolute Gasteiger partial charge is 0.247 e. The number of benzene rings is 1. The van der Waals surface area contributed by atoms with Crippen LogP contribution in [0, 0.1) is 0 Å². The maximum atomic E-state index is 12.0. The van der Waals surface area contributed by atoms with Gasteiger partial charge in [-0.2, -0.15) is 5.10 Å². The van der Waals surface area contributed by atoms with Crippen LogP contribution in [0.3, 0.4) is 0 Å². The van der Waals surface area contributed by atoms with Gasteiger partial charge < -0.3 is 10.6 Å². The molecule has 1 heterocycles. The summed E-state index contributed by atoms with van der Waals surface area (Å²) in [4.78, 5) is 23.0. The number of amides is 2. The first-order valence-electron chi connectivity index (χ1n) is 7.96. The average molecular weight is 328 g/mol. The van der Waals surface area contributed by atoms with Gasteiger partial charge in [0.15, 0.2) is 5.82 Å². The van der Waals surface area contributed by atoms with Crippen molar-refractivity contribution in [2.45, 2.75) is 45.6 Å². The number of H-pyrrole nitrogens is 1. The molecule has 0 bridgehead atoms. The number of carbonyl (C=O) groups is 2. The third-order valence-electron chi connectivity index (χ3n) is 3.86. The van der Waals surface area contributed by atoms with Crippen molar-refractivity contribution in [1.29, 1.82) is 0 Å². The monoisotopic (exact) mass is 328 g/mol. The van der Waals surface area contributed by atoms with Crippen molar-refractivity contribution in [2.24, 2.45) is 0 Å². The number of nitrogens with zero attached hydrogens (tertiary/aromatic N) is 1. The molecule has 0 saturated carbocycles. The van der Waals surface area contributed by atoms with Crippen molar-refractivity contribution in [3.8, 4) is 0 Å². The number of aromatic amines is 1. The molecular weight excluding hydrogens is 304 g/mol. The highest BCUT2D eigenvalue weighted by Crippen LogP contribution is 2.27. The van der Waals surface area contributed by atoms with Gasteiger partial charge in [-0.25, -0.2) is 0 Å². The zero-order valence-electron chi connectivity index (χ0n) is 14.5. The van der Waals surface area contributed by atoms with Crippen LogP contribution in [0.15, 0.2) is 36.4 Å². The lowest BCUT2D eigenvalue weighted by Crippen LogP contribution is -2.40. The lowest BCUT2D eigenvalue weighted by molar-refractivity contribution is -0.124. The molecule has 1 aromatic heterocycles. The molecular formula is C18H24N4O2. The molecule has 0 aliphatic heterocycles. The van der Waals surface area contributed by atoms with E-state index in [0.717, 1.165) is 12.1 Å². The van der Waals surface area contributed by atoms with Crippen molar-refractivity contribution in [2.75, 3.05) is 5.32 Å². The summed E-state index contributed by atoms with van der Waals surface area (Å²) < 4.78 is 0. The van der Waals surface area contributed by atoms with Crippen LogP contribution in [0.25, 0.3) is 0 Å². The van der Waals surface area contributed by atoms with Crippen LogP contribution in [0.4, 0.5) is 5.82 Å². The minimum Gasteiger partial charge on any atom is -0.345 e. The van der Waals surface area contributed by atoms with Crippen LogP contribution in [-0.2, 0) is 21.4 Å². The normalized spacial score (nSPS) is 12.5. The van der Waals surface area contributed by atoms with Crippen molar-refractivity contribution >= 4 is 17.6 Å². The van der Waals surface area contributed by atoms with Gasteiger partial charge in [0.25, 0.3) is 0 Å². The van der Waals surface area contributed by atoms with E-state index in [-0.39, 0.29) is 17.2 Å². The van der Waals surface area contributed by atoms with Crippen LogP contribution >= 0.6 is 0 Å². The molecule has 0 spiro atoms. The second-order valence-electron chi connectivity index (χ2n) is 6.62. The fourth-order valence-corrected chi connectivity index (χ4v) is 2.54. The van der Waals surface area contributed by atoms with Crippen molar-refractivity contribution in [3.05, 3.63) is 47.7 Å². The molecule has 1 aromatic carbocycles. The first-order valence-corrected chi connectivity index (χ1v) is 7.96. The molecule has 1 unspecified atom stereocenters. The number of carbonyl (C=O) groups excluding carboxylic acids is 2. The fraction of sp³-hybridized carbons (Fsp3) is 0.389. The highest BCUT2D eigenvalue weighted by atomic mass is 16.2. The lowest BCUT2D eigenvalue weighted by Gasteiger charge is -2.23. The van der Waals surface area contributed by atoms with E-state index < -0.39 is 6.04 Å². The van der Waals surface area contributed by atoms with Gasteiger partial charge in [0, 0.05) is 24.1 Å². The molecule has 2 aromatic rings. The zero-order valence-corrected chi connectivity index (χ0v) is 14.5. The van der Waals surface area contributed by atoms with Gasteiger partial charge in [-0.05, 0) is 18.9 Å². The Labute approximate surface area is 142 Å². The molecule has 2 amide bonds.